The third kappa shape index (κ3) is 6.50. The van der Waals surface area contributed by atoms with Crippen LogP contribution in [0.5, 0.6) is 0 Å². The van der Waals surface area contributed by atoms with Gasteiger partial charge in [0.15, 0.2) is 0 Å². The predicted octanol–water partition coefficient (Wildman–Crippen LogP) is 3.63. The molecule has 1 aromatic rings. The number of carbonyl (C=O) groups is 2. The molecule has 0 aromatic carbocycles. The first kappa shape index (κ1) is 32.3. The molecule has 5 heterocycles. The molecule has 11 heteroatoms. The zero-order valence-electron chi connectivity index (χ0n) is 26.8. The van der Waals surface area contributed by atoms with Crippen LogP contribution in [-0.2, 0) is 14.8 Å². The zero-order valence-corrected chi connectivity index (χ0v) is 27.6. The van der Waals surface area contributed by atoms with Crippen molar-refractivity contribution in [2.45, 2.75) is 103 Å². The van der Waals surface area contributed by atoms with E-state index in [0.29, 0.717) is 50.5 Å². The van der Waals surface area contributed by atoms with Crippen molar-refractivity contribution in [3.8, 4) is 0 Å². The van der Waals surface area contributed by atoms with Crippen molar-refractivity contribution in [3.63, 3.8) is 0 Å². The maximum Gasteiger partial charge on any atom is 0.257 e. The summed E-state index contributed by atoms with van der Waals surface area (Å²) in [7, 11) is -3.37. The van der Waals surface area contributed by atoms with Gasteiger partial charge in [0.25, 0.3) is 5.91 Å². The number of carbonyl (C=O) groups excluding carboxylic acids is 2. The molecule has 1 spiro atoms. The highest BCUT2D eigenvalue weighted by molar-refractivity contribution is 7.89. The van der Waals surface area contributed by atoms with E-state index < -0.39 is 10.0 Å². The quantitative estimate of drug-likeness (QED) is 0.411. The van der Waals surface area contributed by atoms with Crippen LogP contribution in [0.1, 0.15) is 99.8 Å². The molecule has 4 fully saturated rings. The predicted molar refractivity (Wildman–Crippen MR) is 167 cm³/mol. The number of likely N-dealkylation sites (tertiary alicyclic amines) is 3. The molecule has 4 saturated heterocycles. The fraction of sp³-hybridized carbons (Fsp3) is 0.812. The van der Waals surface area contributed by atoms with Crippen molar-refractivity contribution in [2.75, 3.05) is 52.4 Å². The second-order valence-electron chi connectivity index (χ2n) is 13.9. The van der Waals surface area contributed by atoms with Gasteiger partial charge in [-0.15, -0.1) is 0 Å². The highest BCUT2D eigenvalue weighted by Crippen LogP contribution is 2.49. The number of aryl methyl sites for hydroxylation is 2. The Morgan fingerprint density at radius 3 is 2.14 bits per heavy atom. The molecule has 1 unspecified atom stereocenters. The van der Waals surface area contributed by atoms with Crippen LogP contribution in [0.15, 0.2) is 6.33 Å². The first-order valence-corrected chi connectivity index (χ1v) is 18.0. The Labute approximate surface area is 258 Å². The highest BCUT2D eigenvalue weighted by Gasteiger charge is 2.50. The monoisotopic (exact) mass is 616 g/mol. The summed E-state index contributed by atoms with van der Waals surface area (Å²) >= 11 is 0. The highest BCUT2D eigenvalue weighted by atomic mass is 32.2. The standard InChI is InChI=1S/C32H52N6O4S/c1-5-6-7-27-22-38(43(41,42)28-8-15-35(24-39)16-9-28)21-14-32(27)12-19-37(20-13-32)31(4)10-17-36(18-11-31)30(40)29-25(2)33-23-34-26(29)3/h23-24,27-28H,5-22H2,1-4H3. The van der Waals surface area contributed by atoms with E-state index in [9.17, 15) is 18.0 Å². The maximum absolute atomic E-state index is 13.7. The van der Waals surface area contributed by atoms with Gasteiger partial charge in [-0.2, -0.15) is 0 Å². The summed E-state index contributed by atoms with van der Waals surface area (Å²) in [6.07, 6.45) is 11.9. The van der Waals surface area contributed by atoms with Crippen LogP contribution >= 0.6 is 0 Å². The average molecular weight is 617 g/mol. The van der Waals surface area contributed by atoms with Gasteiger partial charge in [-0.3, -0.25) is 14.5 Å². The Morgan fingerprint density at radius 1 is 0.953 bits per heavy atom. The molecule has 1 atom stereocenters. The van der Waals surface area contributed by atoms with Crippen molar-refractivity contribution < 1.29 is 18.0 Å². The minimum absolute atomic E-state index is 0.0463. The SMILES string of the molecule is CCCCC1CN(S(=O)(=O)C2CCN(C=O)CC2)CCC12CCN(C1(C)CCN(C(=O)c3c(C)ncnc3C)CC1)CC2. The Balaban J connectivity index is 1.20. The first-order chi connectivity index (χ1) is 20.5. The van der Waals surface area contributed by atoms with E-state index in [-0.39, 0.29) is 22.1 Å². The molecule has 4 aliphatic rings. The van der Waals surface area contributed by atoms with Crippen LogP contribution in [0.3, 0.4) is 0 Å². The number of aromatic nitrogens is 2. The van der Waals surface area contributed by atoms with Crippen molar-refractivity contribution in [1.82, 2.24) is 29.0 Å². The molecule has 43 heavy (non-hydrogen) atoms. The molecule has 0 saturated carbocycles. The lowest BCUT2D eigenvalue weighted by Crippen LogP contribution is -2.60. The zero-order chi connectivity index (χ0) is 30.8. The Kier molecular flexibility index (Phi) is 9.83. The number of hydrogen-bond acceptors (Lipinski definition) is 7. The molecule has 5 rings (SSSR count). The summed E-state index contributed by atoms with van der Waals surface area (Å²) in [6.45, 7) is 14.2. The molecule has 0 aliphatic carbocycles. The molecule has 0 radical (unpaired) electrons. The van der Waals surface area contributed by atoms with Gasteiger partial charge in [-0.1, -0.05) is 19.8 Å². The summed E-state index contributed by atoms with van der Waals surface area (Å²) in [5, 5.41) is -0.369. The summed E-state index contributed by atoms with van der Waals surface area (Å²) in [5.41, 5.74) is 2.39. The minimum atomic E-state index is -3.37. The summed E-state index contributed by atoms with van der Waals surface area (Å²) in [5.74, 6) is 0.435. The third-order valence-corrected chi connectivity index (χ3v) is 13.9. The van der Waals surface area contributed by atoms with Crippen LogP contribution in [0.2, 0.25) is 0 Å². The number of unbranched alkanes of at least 4 members (excludes halogenated alkanes) is 1. The number of hydrogen-bond donors (Lipinski definition) is 0. The first-order valence-electron chi connectivity index (χ1n) is 16.5. The fourth-order valence-electron chi connectivity index (χ4n) is 8.37. The number of nitrogens with zero attached hydrogens (tertiary/aromatic N) is 6. The number of amides is 2. The largest absolute Gasteiger partial charge is 0.345 e. The van der Waals surface area contributed by atoms with Crippen LogP contribution in [0.4, 0.5) is 0 Å². The van der Waals surface area contributed by atoms with Crippen LogP contribution in [0.25, 0.3) is 0 Å². The lowest BCUT2D eigenvalue weighted by atomic mass is 9.63. The summed E-state index contributed by atoms with van der Waals surface area (Å²) < 4.78 is 29.2. The van der Waals surface area contributed by atoms with Crippen molar-refractivity contribution in [3.05, 3.63) is 23.3 Å². The molecule has 4 aliphatic heterocycles. The van der Waals surface area contributed by atoms with Crippen molar-refractivity contribution >= 4 is 22.3 Å². The van der Waals surface area contributed by atoms with E-state index in [4.69, 9.17) is 0 Å². The average Bonchev–Trinajstić information content (AvgIpc) is 3.01. The van der Waals surface area contributed by atoms with Crippen molar-refractivity contribution in [1.29, 1.82) is 0 Å². The van der Waals surface area contributed by atoms with E-state index in [2.05, 4.69) is 28.7 Å². The molecule has 2 amide bonds. The van der Waals surface area contributed by atoms with Gasteiger partial charge in [-0.05, 0) is 96.6 Å². The van der Waals surface area contributed by atoms with E-state index in [1.165, 1.54) is 6.33 Å². The minimum Gasteiger partial charge on any atom is -0.345 e. The Bertz CT molecular complexity index is 1230. The van der Waals surface area contributed by atoms with Crippen LogP contribution in [-0.4, -0.2) is 113 Å². The molecule has 10 nitrogen and oxygen atoms in total. The summed E-state index contributed by atoms with van der Waals surface area (Å²) in [6, 6.07) is 0. The second-order valence-corrected chi connectivity index (χ2v) is 16.1. The molecule has 0 bridgehead atoms. The Morgan fingerprint density at radius 2 is 1.56 bits per heavy atom. The van der Waals surface area contributed by atoms with E-state index in [1.807, 2.05) is 23.1 Å². The number of piperidine rings is 4. The normalized spacial score (nSPS) is 25.6. The smallest absolute Gasteiger partial charge is 0.257 e. The lowest BCUT2D eigenvalue weighted by Gasteiger charge is -2.56. The summed E-state index contributed by atoms with van der Waals surface area (Å²) in [4.78, 5) is 39.3. The topological polar surface area (TPSA) is 107 Å². The van der Waals surface area contributed by atoms with Gasteiger partial charge in [0.05, 0.1) is 22.2 Å². The molecule has 1 aromatic heterocycles. The van der Waals surface area contributed by atoms with E-state index in [1.54, 1.807) is 4.90 Å². The molecular formula is C32H52N6O4S. The van der Waals surface area contributed by atoms with Gasteiger partial charge in [0.2, 0.25) is 16.4 Å². The third-order valence-electron chi connectivity index (χ3n) is 11.6. The van der Waals surface area contributed by atoms with Gasteiger partial charge < -0.3 is 9.80 Å². The van der Waals surface area contributed by atoms with Gasteiger partial charge in [0, 0.05) is 44.8 Å². The van der Waals surface area contributed by atoms with Crippen molar-refractivity contribution in [2.24, 2.45) is 11.3 Å². The Hall–Kier alpha value is -2.11. The van der Waals surface area contributed by atoms with E-state index >= 15 is 0 Å². The number of sulfonamides is 1. The van der Waals surface area contributed by atoms with E-state index in [0.717, 1.165) is 95.3 Å². The molecule has 0 N–H and O–H groups in total. The van der Waals surface area contributed by atoms with Crippen LogP contribution in [0, 0.1) is 25.2 Å². The van der Waals surface area contributed by atoms with Gasteiger partial charge in [0.1, 0.15) is 6.33 Å². The molecular weight excluding hydrogens is 564 g/mol. The second kappa shape index (κ2) is 13.1. The fourth-order valence-corrected chi connectivity index (χ4v) is 10.3. The van der Waals surface area contributed by atoms with Crippen LogP contribution < -0.4 is 0 Å². The lowest BCUT2D eigenvalue weighted by molar-refractivity contribution is -0.118. The number of rotatable bonds is 8. The van der Waals surface area contributed by atoms with Gasteiger partial charge in [-0.25, -0.2) is 22.7 Å². The maximum atomic E-state index is 13.7. The molecule has 240 valence electrons. The van der Waals surface area contributed by atoms with Gasteiger partial charge >= 0.3 is 0 Å².